The highest BCUT2D eigenvalue weighted by molar-refractivity contribution is 5.16. The molecule has 0 aliphatic heterocycles. The van der Waals surface area contributed by atoms with E-state index in [4.69, 9.17) is 0 Å². The van der Waals surface area contributed by atoms with Gasteiger partial charge in [-0.2, -0.15) is 0 Å². The van der Waals surface area contributed by atoms with E-state index in [1.165, 1.54) is 51.4 Å². The van der Waals surface area contributed by atoms with Crippen LogP contribution in [-0.2, 0) is 0 Å². The van der Waals surface area contributed by atoms with E-state index in [0.717, 1.165) is 29.6 Å². The minimum absolute atomic E-state index is 0.557. The van der Waals surface area contributed by atoms with Crippen molar-refractivity contribution in [1.29, 1.82) is 0 Å². The van der Waals surface area contributed by atoms with Crippen molar-refractivity contribution in [1.82, 2.24) is 0 Å². The van der Waals surface area contributed by atoms with Crippen molar-refractivity contribution in [2.24, 2.45) is 35.0 Å². The highest BCUT2D eigenvalue weighted by Crippen LogP contribution is 2.54. The zero-order valence-electron chi connectivity index (χ0n) is 15.3. The van der Waals surface area contributed by atoms with E-state index in [1.54, 1.807) is 5.57 Å². The van der Waals surface area contributed by atoms with Crippen LogP contribution >= 0.6 is 0 Å². The summed E-state index contributed by atoms with van der Waals surface area (Å²) >= 11 is 0. The van der Waals surface area contributed by atoms with E-state index in [-0.39, 0.29) is 0 Å². The quantitative estimate of drug-likeness (QED) is 0.469. The number of allylic oxidation sites excluding steroid dienone is 1. The normalized spacial score (nSPS) is 36.8. The first-order valence-corrected chi connectivity index (χ1v) is 9.58. The molecular formula is C21H38. The number of hydrogen-bond donors (Lipinski definition) is 0. The number of rotatable bonds is 6. The summed E-state index contributed by atoms with van der Waals surface area (Å²) in [6.07, 6.45) is 11.2. The lowest BCUT2D eigenvalue weighted by molar-refractivity contribution is 0.167. The van der Waals surface area contributed by atoms with Crippen molar-refractivity contribution in [2.75, 3.05) is 0 Å². The molecule has 122 valence electrons. The lowest BCUT2D eigenvalue weighted by Crippen LogP contribution is -2.26. The SMILES string of the molecule is C=C1C(CC(C)(CCC)CCC)CC2CC(C)C(C)CC12. The molecule has 0 bridgehead atoms. The molecule has 0 spiro atoms. The molecular weight excluding hydrogens is 252 g/mol. The average molecular weight is 291 g/mol. The van der Waals surface area contributed by atoms with E-state index >= 15 is 0 Å². The lowest BCUT2D eigenvalue weighted by atomic mass is 9.70. The van der Waals surface area contributed by atoms with Crippen molar-refractivity contribution >= 4 is 0 Å². The monoisotopic (exact) mass is 290 g/mol. The van der Waals surface area contributed by atoms with Gasteiger partial charge in [-0.25, -0.2) is 0 Å². The van der Waals surface area contributed by atoms with Crippen molar-refractivity contribution < 1.29 is 0 Å². The molecule has 5 unspecified atom stereocenters. The third kappa shape index (κ3) is 3.74. The van der Waals surface area contributed by atoms with Crippen LogP contribution in [-0.4, -0.2) is 0 Å². The van der Waals surface area contributed by atoms with Gasteiger partial charge in [-0.05, 0) is 73.5 Å². The summed E-state index contributed by atoms with van der Waals surface area (Å²) in [5, 5.41) is 0. The first-order valence-electron chi connectivity index (χ1n) is 9.58. The van der Waals surface area contributed by atoms with Gasteiger partial charge in [-0.15, -0.1) is 0 Å². The van der Waals surface area contributed by atoms with Crippen molar-refractivity contribution in [2.45, 2.75) is 86.0 Å². The molecule has 0 radical (unpaired) electrons. The molecule has 2 aliphatic rings. The minimum Gasteiger partial charge on any atom is -0.0993 e. The van der Waals surface area contributed by atoms with Gasteiger partial charge < -0.3 is 0 Å². The summed E-state index contributed by atoms with van der Waals surface area (Å²) in [7, 11) is 0. The Morgan fingerprint density at radius 2 is 1.57 bits per heavy atom. The summed E-state index contributed by atoms with van der Waals surface area (Å²) in [6.45, 7) is 16.7. The van der Waals surface area contributed by atoms with Crippen molar-refractivity contribution in [3.8, 4) is 0 Å². The molecule has 2 fully saturated rings. The Kier molecular flexibility index (Phi) is 5.60. The molecule has 0 N–H and O–H groups in total. The Labute approximate surface area is 133 Å². The molecule has 21 heavy (non-hydrogen) atoms. The molecule has 2 rings (SSSR count). The van der Waals surface area contributed by atoms with Gasteiger partial charge in [0.15, 0.2) is 0 Å². The van der Waals surface area contributed by atoms with Gasteiger partial charge in [0.05, 0.1) is 0 Å². The molecule has 0 aromatic rings. The maximum atomic E-state index is 4.58. The van der Waals surface area contributed by atoms with E-state index in [2.05, 4.69) is 41.2 Å². The fourth-order valence-corrected chi connectivity index (χ4v) is 5.58. The molecule has 0 aromatic heterocycles. The predicted octanol–water partition coefficient (Wildman–Crippen LogP) is 6.86. The van der Waals surface area contributed by atoms with E-state index in [9.17, 15) is 0 Å². The van der Waals surface area contributed by atoms with Gasteiger partial charge in [0, 0.05) is 0 Å². The average Bonchev–Trinajstić information content (AvgIpc) is 2.67. The Morgan fingerprint density at radius 3 is 2.14 bits per heavy atom. The third-order valence-corrected chi connectivity index (χ3v) is 6.87. The molecule has 0 aromatic carbocycles. The zero-order valence-corrected chi connectivity index (χ0v) is 15.3. The van der Waals surface area contributed by atoms with E-state index in [1.807, 2.05) is 0 Å². The van der Waals surface area contributed by atoms with Crippen molar-refractivity contribution in [3.63, 3.8) is 0 Å². The van der Waals surface area contributed by atoms with Crippen LogP contribution in [0.15, 0.2) is 12.2 Å². The second-order valence-electron chi connectivity index (χ2n) is 8.81. The summed E-state index contributed by atoms with van der Waals surface area (Å²) in [6, 6.07) is 0. The Morgan fingerprint density at radius 1 is 1.00 bits per heavy atom. The molecule has 0 nitrogen and oxygen atoms in total. The fourth-order valence-electron chi connectivity index (χ4n) is 5.58. The highest BCUT2D eigenvalue weighted by Gasteiger charge is 2.44. The molecule has 2 aliphatic carbocycles. The zero-order chi connectivity index (χ0) is 15.6. The van der Waals surface area contributed by atoms with E-state index < -0.39 is 0 Å². The summed E-state index contributed by atoms with van der Waals surface area (Å²) in [4.78, 5) is 0. The van der Waals surface area contributed by atoms with Crippen LogP contribution in [0.4, 0.5) is 0 Å². The van der Waals surface area contributed by atoms with E-state index in [0.29, 0.717) is 5.41 Å². The first kappa shape index (κ1) is 17.1. The van der Waals surface area contributed by atoms with Gasteiger partial charge in [-0.3, -0.25) is 0 Å². The number of hydrogen-bond acceptors (Lipinski definition) is 0. The minimum atomic E-state index is 0.557. The van der Waals surface area contributed by atoms with Gasteiger partial charge in [0.1, 0.15) is 0 Å². The number of fused-ring (bicyclic) bond motifs is 1. The predicted molar refractivity (Wildman–Crippen MR) is 94.3 cm³/mol. The molecule has 0 heteroatoms. The van der Waals surface area contributed by atoms with Crippen molar-refractivity contribution in [3.05, 3.63) is 12.2 Å². The second-order valence-corrected chi connectivity index (χ2v) is 8.81. The van der Waals surface area contributed by atoms with Crippen LogP contribution in [0.5, 0.6) is 0 Å². The maximum absolute atomic E-state index is 4.58. The molecule has 0 amide bonds. The van der Waals surface area contributed by atoms with Crippen LogP contribution in [0.3, 0.4) is 0 Å². The van der Waals surface area contributed by atoms with Crippen LogP contribution in [0, 0.1) is 35.0 Å². The molecule has 0 heterocycles. The van der Waals surface area contributed by atoms with Gasteiger partial charge in [-0.1, -0.05) is 59.6 Å². The Balaban J connectivity index is 2.03. The molecule has 0 saturated heterocycles. The Hall–Kier alpha value is -0.260. The fraction of sp³-hybridized carbons (Fsp3) is 0.905. The van der Waals surface area contributed by atoms with Crippen LogP contribution in [0.1, 0.15) is 86.0 Å². The highest BCUT2D eigenvalue weighted by atomic mass is 14.5. The first-order chi connectivity index (χ1) is 9.90. The Bertz CT molecular complexity index is 347. The molecule has 2 saturated carbocycles. The summed E-state index contributed by atoms with van der Waals surface area (Å²) in [5.74, 6) is 4.46. The maximum Gasteiger partial charge on any atom is -0.0172 e. The largest absolute Gasteiger partial charge is 0.0993 e. The summed E-state index contributed by atoms with van der Waals surface area (Å²) in [5.41, 5.74) is 2.19. The summed E-state index contributed by atoms with van der Waals surface area (Å²) < 4.78 is 0. The van der Waals surface area contributed by atoms with Gasteiger partial charge >= 0.3 is 0 Å². The van der Waals surface area contributed by atoms with Crippen LogP contribution < -0.4 is 0 Å². The smallest absolute Gasteiger partial charge is 0.0172 e. The van der Waals surface area contributed by atoms with Crippen LogP contribution in [0.2, 0.25) is 0 Å². The van der Waals surface area contributed by atoms with Gasteiger partial charge in [0.25, 0.3) is 0 Å². The lowest BCUT2D eigenvalue weighted by Gasteiger charge is -2.35. The second kappa shape index (κ2) is 6.88. The third-order valence-electron chi connectivity index (χ3n) is 6.87. The topological polar surface area (TPSA) is 0 Å². The van der Waals surface area contributed by atoms with Gasteiger partial charge in [0.2, 0.25) is 0 Å². The standard InChI is InChI=1S/C21H38/c1-7-9-21(6,10-8-2)14-19-13-18-11-15(3)16(4)12-20(18)17(19)5/h15-16,18-20H,5,7-14H2,1-4,6H3. The molecule has 5 atom stereocenters. The van der Waals surface area contributed by atoms with Crippen LogP contribution in [0.25, 0.3) is 0 Å².